The van der Waals surface area contributed by atoms with E-state index in [1.54, 1.807) is 0 Å². The van der Waals surface area contributed by atoms with E-state index in [1.807, 2.05) is 0 Å². The summed E-state index contributed by atoms with van der Waals surface area (Å²) < 4.78 is 0. The average molecular weight is 174 g/mol. The molecule has 0 aliphatic heterocycles. The average Bonchev–Trinajstić information content (AvgIpc) is 1.98. The van der Waals surface area contributed by atoms with E-state index in [2.05, 4.69) is 6.58 Å². The van der Waals surface area contributed by atoms with Crippen LogP contribution in [0.25, 0.3) is 0 Å². The summed E-state index contributed by atoms with van der Waals surface area (Å²) in [6.07, 6.45) is -1.66. The van der Waals surface area contributed by atoms with Crippen LogP contribution in [0.3, 0.4) is 0 Å². The number of aliphatic hydroxyl groups is 1. The molecule has 0 bridgehead atoms. The fourth-order valence-corrected chi connectivity index (χ4v) is 0.541. The van der Waals surface area contributed by atoms with Gasteiger partial charge in [0.1, 0.15) is 0 Å². The van der Waals surface area contributed by atoms with Gasteiger partial charge in [-0.25, -0.2) is 9.59 Å². The Labute approximate surface area is 68.9 Å². The summed E-state index contributed by atoms with van der Waals surface area (Å²) >= 11 is 0. The highest BCUT2D eigenvalue weighted by Gasteiger charge is 2.14. The number of hydrogen-bond acceptors (Lipinski definition) is 3. The first-order valence-electron chi connectivity index (χ1n) is 3.27. The maximum atomic E-state index is 10.2. The number of aliphatic hydroxyl groups excluding tert-OH is 1. The van der Waals surface area contributed by atoms with Crippen molar-refractivity contribution in [2.45, 2.75) is 18.9 Å². The van der Waals surface area contributed by atoms with Gasteiger partial charge in [-0.3, -0.25) is 0 Å². The van der Waals surface area contributed by atoms with Gasteiger partial charge in [-0.05, 0) is 12.8 Å². The normalized spacial score (nSPS) is 12.1. The predicted molar refractivity (Wildman–Crippen MR) is 39.7 cm³/mol. The van der Waals surface area contributed by atoms with Crippen LogP contribution < -0.4 is 0 Å². The smallest absolute Gasteiger partial charge is 0.332 e. The van der Waals surface area contributed by atoms with Crippen molar-refractivity contribution in [3.8, 4) is 0 Å². The van der Waals surface area contributed by atoms with Crippen molar-refractivity contribution in [2.75, 3.05) is 0 Å². The van der Waals surface area contributed by atoms with E-state index in [-0.39, 0.29) is 18.4 Å². The van der Waals surface area contributed by atoms with Crippen LogP contribution in [0.1, 0.15) is 12.8 Å². The van der Waals surface area contributed by atoms with E-state index < -0.39 is 18.0 Å². The minimum absolute atomic E-state index is 0.0250. The fraction of sp³-hybridized carbons (Fsp3) is 0.429. The van der Waals surface area contributed by atoms with E-state index in [0.717, 1.165) is 0 Å². The largest absolute Gasteiger partial charge is 0.479 e. The molecule has 0 aliphatic rings. The lowest BCUT2D eigenvalue weighted by molar-refractivity contribution is -0.147. The monoisotopic (exact) mass is 174 g/mol. The molecule has 0 heterocycles. The molecule has 0 aromatic heterocycles. The number of carboxylic acids is 2. The van der Waals surface area contributed by atoms with Crippen LogP contribution in [0.4, 0.5) is 0 Å². The molecule has 3 N–H and O–H groups in total. The Morgan fingerprint density at radius 3 is 2.17 bits per heavy atom. The molecule has 0 saturated carbocycles. The first-order valence-corrected chi connectivity index (χ1v) is 3.27. The molecular formula is C7H10O5. The first-order chi connectivity index (χ1) is 5.45. The van der Waals surface area contributed by atoms with Gasteiger partial charge in [-0.15, -0.1) is 0 Å². The molecule has 1 atom stereocenters. The summed E-state index contributed by atoms with van der Waals surface area (Å²) in [5, 5.41) is 25.2. The summed E-state index contributed by atoms with van der Waals surface area (Å²) in [6.45, 7) is 3.18. The molecule has 0 aliphatic carbocycles. The molecule has 5 heteroatoms. The van der Waals surface area contributed by atoms with Gasteiger partial charge in [-0.1, -0.05) is 6.58 Å². The molecule has 0 aromatic rings. The van der Waals surface area contributed by atoms with Gasteiger partial charge in [-0.2, -0.15) is 0 Å². The van der Waals surface area contributed by atoms with Crippen LogP contribution in [0.15, 0.2) is 12.2 Å². The van der Waals surface area contributed by atoms with Gasteiger partial charge >= 0.3 is 11.9 Å². The highest BCUT2D eigenvalue weighted by Crippen LogP contribution is 2.05. The molecule has 0 fully saturated rings. The second kappa shape index (κ2) is 4.50. The predicted octanol–water partition coefficient (Wildman–Crippen LogP) is -0.147. The van der Waals surface area contributed by atoms with E-state index in [4.69, 9.17) is 15.3 Å². The highest BCUT2D eigenvalue weighted by molar-refractivity contribution is 5.85. The molecular weight excluding hydrogens is 164 g/mol. The molecule has 0 amide bonds. The zero-order valence-electron chi connectivity index (χ0n) is 6.36. The quantitative estimate of drug-likeness (QED) is 0.504. The summed E-state index contributed by atoms with van der Waals surface area (Å²) in [5.74, 6) is -2.53. The zero-order chi connectivity index (χ0) is 9.72. The molecule has 0 radical (unpaired) electrons. The van der Waals surface area contributed by atoms with Crippen LogP contribution in [0, 0.1) is 0 Å². The van der Waals surface area contributed by atoms with Crippen molar-refractivity contribution >= 4 is 11.9 Å². The topological polar surface area (TPSA) is 94.8 Å². The standard InChI is InChI=1S/C7H10O5/c1-4(6(9)10)2-3-5(8)7(11)12/h5,8H,1-3H2,(H,9,10)(H,11,12). The van der Waals surface area contributed by atoms with Crippen molar-refractivity contribution in [3.63, 3.8) is 0 Å². The van der Waals surface area contributed by atoms with Crippen LogP contribution in [0.5, 0.6) is 0 Å². The lowest BCUT2D eigenvalue weighted by Crippen LogP contribution is -2.19. The van der Waals surface area contributed by atoms with Crippen molar-refractivity contribution in [1.29, 1.82) is 0 Å². The summed E-state index contributed by atoms with van der Waals surface area (Å²) in [6, 6.07) is 0. The van der Waals surface area contributed by atoms with Crippen LogP contribution in [-0.4, -0.2) is 33.4 Å². The van der Waals surface area contributed by atoms with Crippen LogP contribution >= 0.6 is 0 Å². The molecule has 1 unspecified atom stereocenters. The molecule has 68 valence electrons. The fourth-order valence-electron chi connectivity index (χ4n) is 0.541. The molecule has 5 nitrogen and oxygen atoms in total. The Morgan fingerprint density at radius 1 is 1.33 bits per heavy atom. The van der Waals surface area contributed by atoms with E-state index in [9.17, 15) is 9.59 Å². The van der Waals surface area contributed by atoms with Gasteiger partial charge in [0.2, 0.25) is 0 Å². The Kier molecular flexibility index (Phi) is 3.99. The Hall–Kier alpha value is -1.36. The minimum Gasteiger partial charge on any atom is -0.479 e. The molecule has 0 saturated heterocycles. The van der Waals surface area contributed by atoms with Crippen molar-refractivity contribution in [2.24, 2.45) is 0 Å². The third-order valence-corrected chi connectivity index (χ3v) is 1.31. The summed E-state index contributed by atoms with van der Waals surface area (Å²) in [4.78, 5) is 20.2. The second-order valence-electron chi connectivity index (χ2n) is 2.30. The Bertz CT molecular complexity index is 208. The van der Waals surface area contributed by atoms with Gasteiger partial charge in [0.05, 0.1) is 0 Å². The van der Waals surface area contributed by atoms with E-state index >= 15 is 0 Å². The molecule has 0 spiro atoms. The number of aliphatic carboxylic acids is 2. The molecule has 0 aromatic carbocycles. The van der Waals surface area contributed by atoms with Gasteiger partial charge in [0, 0.05) is 5.57 Å². The Balaban J connectivity index is 3.76. The number of carbonyl (C=O) groups is 2. The van der Waals surface area contributed by atoms with Crippen molar-refractivity contribution in [3.05, 3.63) is 12.2 Å². The minimum atomic E-state index is -1.51. The van der Waals surface area contributed by atoms with Crippen molar-refractivity contribution < 1.29 is 24.9 Å². The maximum Gasteiger partial charge on any atom is 0.332 e. The highest BCUT2D eigenvalue weighted by atomic mass is 16.4. The van der Waals surface area contributed by atoms with Crippen LogP contribution in [0.2, 0.25) is 0 Å². The lowest BCUT2D eigenvalue weighted by Gasteiger charge is -2.03. The number of rotatable bonds is 5. The Morgan fingerprint density at radius 2 is 1.83 bits per heavy atom. The molecule has 12 heavy (non-hydrogen) atoms. The maximum absolute atomic E-state index is 10.2. The second-order valence-corrected chi connectivity index (χ2v) is 2.30. The third kappa shape index (κ3) is 3.72. The third-order valence-electron chi connectivity index (χ3n) is 1.31. The SMILES string of the molecule is C=C(CCC(O)C(=O)O)C(=O)O. The van der Waals surface area contributed by atoms with Crippen LogP contribution in [-0.2, 0) is 9.59 Å². The van der Waals surface area contributed by atoms with Gasteiger partial charge < -0.3 is 15.3 Å². The lowest BCUT2D eigenvalue weighted by atomic mass is 10.1. The summed E-state index contributed by atoms with van der Waals surface area (Å²) in [5.41, 5.74) is -0.102. The number of carboxylic acid groups (broad SMARTS) is 2. The van der Waals surface area contributed by atoms with E-state index in [1.165, 1.54) is 0 Å². The van der Waals surface area contributed by atoms with Crippen molar-refractivity contribution in [1.82, 2.24) is 0 Å². The van der Waals surface area contributed by atoms with Gasteiger partial charge in [0.25, 0.3) is 0 Å². The molecule has 0 rings (SSSR count). The zero-order valence-corrected chi connectivity index (χ0v) is 6.36. The summed E-state index contributed by atoms with van der Waals surface area (Å²) in [7, 11) is 0. The first kappa shape index (κ1) is 10.6. The van der Waals surface area contributed by atoms with E-state index in [0.29, 0.717) is 0 Å². The number of hydrogen-bond donors (Lipinski definition) is 3. The van der Waals surface area contributed by atoms with Gasteiger partial charge in [0.15, 0.2) is 6.10 Å².